The number of amides is 2. The molecule has 3 aliphatic rings. The Morgan fingerprint density at radius 2 is 1.43 bits per heavy atom. The Morgan fingerprint density at radius 3 is 2.03 bits per heavy atom. The van der Waals surface area contributed by atoms with Gasteiger partial charge in [0.05, 0.1) is 22.4 Å². The van der Waals surface area contributed by atoms with Gasteiger partial charge in [0.15, 0.2) is 0 Å². The highest BCUT2D eigenvalue weighted by atomic mass is 16.6. The van der Waals surface area contributed by atoms with E-state index in [-0.39, 0.29) is 46.9 Å². The molecule has 1 aliphatic heterocycles. The Morgan fingerprint density at radius 1 is 0.838 bits per heavy atom. The van der Waals surface area contributed by atoms with Crippen molar-refractivity contribution in [3.63, 3.8) is 0 Å². The summed E-state index contributed by atoms with van der Waals surface area (Å²) in [7, 11) is 0. The van der Waals surface area contributed by atoms with Crippen molar-refractivity contribution in [1.82, 2.24) is 0 Å². The van der Waals surface area contributed by atoms with Crippen LogP contribution in [0, 0.1) is 33.8 Å². The molecule has 37 heavy (non-hydrogen) atoms. The van der Waals surface area contributed by atoms with Gasteiger partial charge in [-0.05, 0) is 47.9 Å². The normalized spacial score (nSPS) is 23.5. The summed E-state index contributed by atoms with van der Waals surface area (Å²) in [6, 6.07) is 24.6. The Balaban J connectivity index is 1.33. The lowest BCUT2D eigenvalue weighted by Crippen LogP contribution is -2.33. The Labute approximate surface area is 215 Å². The lowest BCUT2D eigenvalue weighted by Gasteiger charge is -2.26. The van der Waals surface area contributed by atoms with E-state index < -0.39 is 4.92 Å². The topological polar surface area (TPSA) is 83.8 Å². The predicted octanol–water partition coefficient (Wildman–Crippen LogP) is 5.16. The van der Waals surface area contributed by atoms with Crippen LogP contribution in [0.2, 0.25) is 0 Å². The summed E-state index contributed by atoms with van der Waals surface area (Å²) in [6.07, 6.45) is 5.64. The minimum absolute atomic E-state index is 0.0880. The third kappa shape index (κ3) is 4.10. The average molecular weight is 494 g/mol. The number of allylic oxidation sites excluding steroid dienone is 2. The van der Waals surface area contributed by atoms with E-state index in [1.165, 1.54) is 11.0 Å². The highest BCUT2D eigenvalue weighted by Crippen LogP contribution is 2.53. The summed E-state index contributed by atoms with van der Waals surface area (Å²) in [6.45, 7) is 1.06. The molecule has 4 atom stereocenters. The first-order valence-corrected chi connectivity index (χ1v) is 12.7. The number of hydrogen-bond acceptors (Lipinski definition) is 5. The van der Waals surface area contributed by atoms with Crippen LogP contribution in [-0.2, 0) is 22.6 Å². The summed E-state index contributed by atoms with van der Waals surface area (Å²) in [5.74, 6) is -0.989. The van der Waals surface area contributed by atoms with Crippen molar-refractivity contribution in [3.05, 3.63) is 112 Å². The molecule has 2 amide bonds. The van der Waals surface area contributed by atoms with Gasteiger partial charge in [-0.3, -0.25) is 19.7 Å². The van der Waals surface area contributed by atoms with Gasteiger partial charge in [0.25, 0.3) is 5.69 Å². The first-order chi connectivity index (χ1) is 18.0. The summed E-state index contributed by atoms with van der Waals surface area (Å²) in [5, 5.41) is 12.3. The molecular weight excluding hydrogens is 466 g/mol. The molecule has 2 bridgehead atoms. The number of fused-ring (bicyclic) bond motifs is 5. The fraction of sp³-hybridized carbons (Fsp3) is 0.267. The van der Waals surface area contributed by atoms with Crippen LogP contribution in [0.4, 0.5) is 17.1 Å². The highest BCUT2D eigenvalue weighted by molar-refractivity contribution is 6.23. The molecule has 0 aromatic heterocycles. The largest absolute Gasteiger partial charge is 0.361 e. The number of benzene rings is 3. The number of carbonyl (C=O) groups excluding carboxylic acids is 2. The monoisotopic (exact) mass is 493 g/mol. The van der Waals surface area contributed by atoms with Crippen molar-refractivity contribution in [2.75, 3.05) is 16.3 Å². The third-order valence-corrected chi connectivity index (χ3v) is 7.95. The van der Waals surface area contributed by atoms with E-state index in [0.717, 1.165) is 24.0 Å². The predicted molar refractivity (Wildman–Crippen MR) is 141 cm³/mol. The second kappa shape index (κ2) is 9.32. The van der Waals surface area contributed by atoms with E-state index in [4.69, 9.17) is 0 Å². The number of nitro benzene ring substituents is 1. The molecule has 0 radical (unpaired) electrons. The van der Waals surface area contributed by atoms with Gasteiger partial charge in [-0.15, -0.1) is 0 Å². The average Bonchev–Trinajstić information content (AvgIpc) is 3.61. The molecule has 2 aliphatic carbocycles. The maximum atomic E-state index is 13.3. The standard InChI is InChI=1S/C30H27N3O4/c34-29-27-22-11-12-23(17-22)28(27)30(35)32(29)24-13-14-25(26(18-24)33(36)37)31(19-21-9-5-2-6-10-21)16-15-20-7-3-1-4-8-20/h1-14,18,22-23,27-28H,15-17,19H2/t22-,23-,27+,28+/m0/s1. The van der Waals surface area contributed by atoms with Crippen LogP contribution in [0.3, 0.4) is 0 Å². The molecule has 7 heteroatoms. The van der Waals surface area contributed by atoms with Gasteiger partial charge in [-0.2, -0.15) is 0 Å². The van der Waals surface area contributed by atoms with Gasteiger partial charge in [-0.25, -0.2) is 4.90 Å². The molecule has 2 fully saturated rings. The maximum Gasteiger partial charge on any atom is 0.294 e. The number of anilines is 2. The quantitative estimate of drug-likeness (QED) is 0.187. The number of imide groups is 1. The number of rotatable bonds is 8. The van der Waals surface area contributed by atoms with E-state index in [1.807, 2.05) is 77.7 Å². The van der Waals surface area contributed by atoms with Crippen LogP contribution < -0.4 is 9.80 Å². The second-order valence-corrected chi connectivity index (χ2v) is 10.1. The number of nitrogens with zero attached hydrogens (tertiary/aromatic N) is 3. The van der Waals surface area contributed by atoms with Crippen LogP contribution >= 0.6 is 0 Å². The Kier molecular flexibility index (Phi) is 5.83. The van der Waals surface area contributed by atoms with Crippen molar-refractivity contribution < 1.29 is 14.5 Å². The first kappa shape index (κ1) is 23.2. The van der Waals surface area contributed by atoms with Crippen molar-refractivity contribution >= 4 is 28.9 Å². The van der Waals surface area contributed by atoms with Gasteiger partial charge in [0, 0.05) is 19.2 Å². The molecule has 6 rings (SSSR count). The first-order valence-electron chi connectivity index (χ1n) is 12.7. The molecule has 186 valence electrons. The summed E-state index contributed by atoms with van der Waals surface area (Å²) in [4.78, 5) is 41.6. The van der Waals surface area contributed by atoms with E-state index in [0.29, 0.717) is 18.8 Å². The van der Waals surface area contributed by atoms with Crippen molar-refractivity contribution in [2.45, 2.75) is 19.4 Å². The lowest BCUT2D eigenvalue weighted by atomic mass is 9.85. The van der Waals surface area contributed by atoms with Crippen LogP contribution in [0.1, 0.15) is 17.5 Å². The number of carbonyl (C=O) groups is 2. The summed E-state index contributed by atoms with van der Waals surface area (Å²) < 4.78 is 0. The highest BCUT2D eigenvalue weighted by Gasteiger charge is 2.59. The zero-order chi connectivity index (χ0) is 25.5. The van der Waals surface area contributed by atoms with E-state index >= 15 is 0 Å². The number of hydrogen-bond donors (Lipinski definition) is 0. The van der Waals surface area contributed by atoms with Crippen LogP contribution in [0.25, 0.3) is 0 Å². The summed E-state index contributed by atoms with van der Waals surface area (Å²) >= 11 is 0. The molecule has 0 unspecified atom stereocenters. The van der Waals surface area contributed by atoms with Gasteiger partial charge >= 0.3 is 0 Å². The Hall–Kier alpha value is -4.26. The fourth-order valence-electron chi connectivity index (χ4n) is 6.22. The lowest BCUT2D eigenvalue weighted by molar-refractivity contribution is -0.384. The van der Waals surface area contributed by atoms with Crippen molar-refractivity contribution in [2.24, 2.45) is 23.7 Å². The SMILES string of the molecule is O=C1[C@H]2[C@H](C(=O)N1c1ccc(N(CCc3ccccc3)Cc3ccccc3)c([N+](=O)[O-])c1)[C@H]1C=C[C@H]2C1. The zero-order valence-corrected chi connectivity index (χ0v) is 20.3. The second-order valence-electron chi connectivity index (χ2n) is 10.1. The van der Waals surface area contributed by atoms with Crippen molar-refractivity contribution in [1.29, 1.82) is 0 Å². The smallest absolute Gasteiger partial charge is 0.294 e. The maximum absolute atomic E-state index is 13.3. The van der Waals surface area contributed by atoms with Gasteiger partial charge in [-0.1, -0.05) is 72.8 Å². The molecule has 1 saturated carbocycles. The van der Waals surface area contributed by atoms with Crippen molar-refractivity contribution in [3.8, 4) is 0 Å². The minimum Gasteiger partial charge on any atom is -0.361 e. The van der Waals surface area contributed by atoms with Crippen LogP contribution in [-0.4, -0.2) is 23.3 Å². The molecule has 1 saturated heterocycles. The van der Waals surface area contributed by atoms with Gasteiger partial charge in [0.2, 0.25) is 11.8 Å². The number of nitro groups is 1. The van der Waals surface area contributed by atoms with Gasteiger partial charge in [0.1, 0.15) is 5.69 Å². The van der Waals surface area contributed by atoms with E-state index in [2.05, 4.69) is 0 Å². The van der Waals surface area contributed by atoms with E-state index in [9.17, 15) is 19.7 Å². The third-order valence-electron chi connectivity index (χ3n) is 7.95. The molecular formula is C30H27N3O4. The Bertz CT molecular complexity index is 1360. The van der Waals surface area contributed by atoms with Gasteiger partial charge < -0.3 is 4.90 Å². The van der Waals surface area contributed by atoms with Crippen LogP contribution in [0.15, 0.2) is 91.0 Å². The van der Waals surface area contributed by atoms with E-state index in [1.54, 1.807) is 12.1 Å². The fourth-order valence-corrected chi connectivity index (χ4v) is 6.22. The molecule has 0 N–H and O–H groups in total. The minimum atomic E-state index is -0.420. The summed E-state index contributed by atoms with van der Waals surface area (Å²) in [5.41, 5.74) is 2.81. The van der Waals surface area contributed by atoms with Crippen LogP contribution in [0.5, 0.6) is 0 Å². The molecule has 0 spiro atoms. The molecule has 3 aromatic rings. The molecule has 1 heterocycles. The molecule has 7 nitrogen and oxygen atoms in total. The molecule has 3 aromatic carbocycles. The zero-order valence-electron chi connectivity index (χ0n) is 20.3.